The molecule has 1 fully saturated rings. The van der Waals surface area contributed by atoms with Crippen LogP contribution < -0.4 is 0 Å². The van der Waals surface area contributed by atoms with E-state index in [0.717, 1.165) is 24.8 Å². The van der Waals surface area contributed by atoms with Crippen molar-refractivity contribution in [3.63, 3.8) is 0 Å². The highest BCUT2D eigenvalue weighted by molar-refractivity contribution is 5.85. The lowest BCUT2D eigenvalue weighted by Crippen LogP contribution is -2.14. The van der Waals surface area contributed by atoms with E-state index in [4.69, 9.17) is 4.74 Å². The molecule has 2 nitrogen and oxygen atoms in total. The van der Waals surface area contributed by atoms with Crippen LogP contribution in [-0.2, 0) is 9.53 Å². The van der Waals surface area contributed by atoms with E-state index in [1.54, 1.807) is 0 Å². The largest absolute Gasteiger partial charge is 0.375 e. The first-order valence-corrected chi connectivity index (χ1v) is 6.90. The van der Waals surface area contributed by atoms with E-state index >= 15 is 0 Å². The molecule has 0 saturated carbocycles. The third-order valence-corrected chi connectivity index (χ3v) is 3.82. The van der Waals surface area contributed by atoms with Gasteiger partial charge in [-0.05, 0) is 31.7 Å². The van der Waals surface area contributed by atoms with Crippen LogP contribution in [0.15, 0.2) is 30.3 Å². The zero-order chi connectivity index (χ0) is 13.0. The fourth-order valence-corrected chi connectivity index (χ4v) is 2.54. The van der Waals surface area contributed by atoms with Gasteiger partial charge in [0.25, 0.3) is 0 Å². The molecule has 98 valence electrons. The maximum Gasteiger partial charge on any atom is 0.140 e. The van der Waals surface area contributed by atoms with Gasteiger partial charge in [-0.15, -0.1) is 0 Å². The van der Waals surface area contributed by atoms with Crippen molar-refractivity contribution in [3.8, 4) is 0 Å². The van der Waals surface area contributed by atoms with Gasteiger partial charge in [0.1, 0.15) is 5.78 Å². The highest BCUT2D eigenvalue weighted by Crippen LogP contribution is 2.25. The first-order valence-electron chi connectivity index (χ1n) is 6.90. The molecule has 3 atom stereocenters. The van der Waals surface area contributed by atoms with Crippen molar-refractivity contribution in [2.24, 2.45) is 0 Å². The Labute approximate surface area is 109 Å². The van der Waals surface area contributed by atoms with Crippen LogP contribution >= 0.6 is 0 Å². The molecule has 1 aromatic rings. The standard InChI is InChI=1S/C16H22O2/c1-12-8-9-15(18-12)10-11-16(17)13(2)14-6-4-3-5-7-14/h3-7,12-13,15H,8-11H2,1-2H3. The van der Waals surface area contributed by atoms with E-state index in [1.165, 1.54) is 0 Å². The summed E-state index contributed by atoms with van der Waals surface area (Å²) in [5.41, 5.74) is 1.11. The summed E-state index contributed by atoms with van der Waals surface area (Å²) >= 11 is 0. The Morgan fingerprint density at radius 3 is 2.67 bits per heavy atom. The normalized spacial score (nSPS) is 25.0. The first kappa shape index (κ1) is 13.3. The molecule has 1 aliphatic heterocycles. The number of ether oxygens (including phenoxy) is 1. The molecule has 0 amide bonds. The van der Waals surface area contributed by atoms with Crippen LogP contribution in [0.2, 0.25) is 0 Å². The molecule has 3 unspecified atom stereocenters. The Balaban J connectivity index is 1.81. The van der Waals surface area contributed by atoms with Crippen LogP contribution in [0.4, 0.5) is 0 Å². The van der Waals surface area contributed by atoms with Gasteiger partial charge in [-0.1, -0.05) is 37.3 Å². The Bertz CT molecular complexity index is 385. The van der Waals surface area contributed by atoms with E-state index in [1.807, 2.05) is 37.3 Å². The molecule has 0 spiro atoms. The van der Waals surface area contributed by atoms with Gasteiger partial charge in [-0.25, -0.2) is 0 Å². The van der Waals surface area contributed by atoms with Gasteiger partial charge < -0.3 is 4.74 Å². The second kappa shape index (κ2) is 6.14. The van der Waals surface area contributed by atoms with Crippen LogP contribution in [0.1, 0.15) is 51.0 Å². The minimum atomic E-state index is 0.00465. The molecule has 18 heavy (non-hydrogen) atoms. The highest BCUT2D eigenvalue weighted by Gasteiger charge is 2.23. The zero-order valence-electron chi connectivity index (χ0n) is 11.3. The maximum absolute atomic E-state index is 12.1. The third kappa shape index (κ3) is 3.42. The minimum absolute atomic E-state index is 0.00465. The van der Waals surface area contributed by atoms with Crippen molar-refractivity contribution in [1.82, 2.24) is 0 Å². The number of ketones is 1. The van der Waals surface area contributed by atoms with Crippen LogP contribution in [0, 0.1) is 0 Å². The molecule has 1 aromatic carbocycles. The maximum atomic E-state index is 12.1. The quantitative estimate of drug-likeness (QED) is 0.791. The van der Waals surface area contributed by atoms with Crippen LogP contribution in [0.3, 0.4) is 0 Å². The zero-order valence-corrected chi connectivity index (χ0v) is 11.3. The number of rotatable bonds is 5. The average molecular weight is 246 g/mol. The lowest BCUT2D eigenvalue weighted by molar-refractivity contribution is -0.120. The van der Waals surface area contributed by atoms with E-state index < -0.39 is 0 Å². The topological polar surface area (TPSA) is 26.3 Å². The number of carbonyl (C=O) groups excluding carboxylic acids is 1. The Kier molecular flexibility index (Phi) is 4.54. The van der Waals surface area contributed by atoms with Crippen molar-refractivity contribution < 1.29 is 9.53 Å². The summed E-state index contributed by atoms with van der Waals surface area (Å²) in [4.78, 5) is 12.1. The number of hydrogen-bond acceptors (Lipinski definition) is 2. The third-order valence-electron chi connectivity index (χ3n) is 3.82. The first-order chi connectivity index (χ1) is 8.66. The SMILES string of the molecule is CC1CCC(CCC(=O)C(C)c2ccccc2)O1. The molecule has 1 aliphatic rings. The average Bonchev–Trinajstić information content (AvgIpc) is 2.82. The van der Waals surface area contributed by atoms with Crippen molar-refractivity contribution in [3.05, 3.63) is 35.9 Å². The van der Waals surface area contributed by atoms with Gasteiger partial charge in [0.2, 0.25) is 0 Å². The summed E-state index contributed by atoms with van der Waals surface area (Å²) in [7, 11) is 0. The molecule has 1 heterocycles. The van der Waals surface area contributed by atoms with E-state index in [2.05, 4.69) is 6.92 Å². The van der Waals surface area contributed by atoms with Crippen molar-refractivity contribution in [1.29, 1.82) is 0 Å². The van der Waals surface area contributed by atoms with Crippen LogP contribution in [0.25, 0.3) is 0 Å². The highest BCUT2D eigenvalue weighted by atomic mass is 16.5. The molecule has 2 rings (SSSR count). The second-order valence-corrected chi connectivity index (χ2v) is 5.28. The van der Waals surface area contributed by atoms with Crippen LogP contribution in [-0.4, -0.2) is 18.0 Å². The molecular formula is C16H22O2. The molecular weight excluding hydrogens is 224 g/mol. The molecule has 0 bridgehead atoms. The summed E-state index contributed by atoms with van der Waals surface area (Å²) < 4.78 is 5.74. The van der Waals surface area contributed by atoms with Crippen LogP contribution in [0.5, 0.6) is 0 Å². The van der Waals surface area contributed by atoms with E-state index in [-0.39, 0.29) is 5.92 Å². The molecule has 0 aliphatic carbocycles. The summed E-state index contributed by atoms with van der Waals surface area (Å²) in [6.07, 6.45) is 4.42. The number of carbonyl (C=O) groups is 1. The van der Waals surface area contributed by atoms with Crippen molar-refractivity contribution in [2.75, 3.05) is 0 Å². The van der Waals surface area contributed by atoms with Crippen molar-refractivity contribution in [2.45, 2.75) is 57.7 Å². The monoisotopic (exact) mass is 246 g/mol. The van der Waals surface area contributed by atoms with E-state index in [0.29, 0.717) is 24.4 Å². The second-order valence-electron chi connectivity index (χ2n) is 5.28. The fraction of sp³-hybridized carbons (Fsp3) is 0.562. The lowest BCUT2D eigenvalue weighted by atomic mass is 9.93. The molecule has 0 aromatic heterocycles. The van der Waals surface area contributed by atoms with Crippen molar-refractivity contribution >= 4 is 5.78 Å². The summed E-state index contributed by atoms with van der Waals surface area (Å²) in [5.74, 6) is 0.328. The predicted molar refractivity (Wildman–Crippen MR) is 72.7 cm³/mol. The van der Waals surface area contributed by atoms with E-state index in [9.17, 15) is 4.79 Å². The summed E-state index contributed by atoms with van der Waals surface area (Å²) in [6, 6.07) is 10.0. The molecule has 1 saturated heterocycles. The Hall–Kier alpha value is -1.15. The number of Topliss-reactive ketones (excluding diaryl/α,β-unsaturated/α-hetero) is 1. The lowest BCUT2D eigenvalue weighted by Gasteiger charge is -2.13. The van der Waals surface area contributed by atoms with Gasteiger partial charge in [0.05, 0.1) is 12.2 Å². The Morgan fingerprint density at radius 1 is 1.33 bits per heavy atom. The number of hydrogen-bond donors (Lipinski definition) is 0. The smallest absolute Gasteiger partial charge is 0.140 e. The number of benzene rings is 1. The van der Waals surface area contributed by atoms with Gasteiger partial charge >= 0.3 is 0 Å². The van der Waals surface area contributed by atoms with Gasteiger partial charge in [0.15, 0.2) is 0 Å². The van der Waals surface area contributed by atoms with Gasteiger partial charge in [-0.2, -0.15) is 0 Å². The minimum Gasteiger partial charge on any atom is -0.375 e. The molecule has 0 N–H and O–H groups in total. The predicted octanol–water partition coefficient (Wildman–Crippen LogP) is 3.71. The van der Waals surface area contributed by atoms with Gasteiger partial charge in [0, 0.05) is 12.3 Å². The van der Waals surface area contributed by atoms with Gasteiger partial charge in [-0.3, -0.25) is 4.79 Å². The fourth-order valence-electron chi connectivity index (χ4n) is 2.54. The molecule has 0 radical (unpaired) electrons. The Morgan fingerprint density at radius 2 is 2.06 bits per heavy atom. The summed E-state index contributed by atoms with van der Waals surface area (Å²) in [5, 5.41) is 0. The molecule has 2 heteroatoms. The summed E-state index contributed by atoms with van der Waals surface area (Å²) in [6.45, 7) is 4.10.